The Bertz CT molecular complexity index is 2310. The number of esters is 1. The maximum atomic E-state index is 13.1. The third-order valence-corrected chi connectivity index (χ3v) is 9.48. The number of para-hydroxylation sites is 2. The van der Waals surface area contributed by atoms with Crippen LogP contribution in [0.1, 0.15) is 73.0 Å². The third kappa shape index (κ3) is 12.9. The molecule has 1 atom stereocenters. The van der Waals surface area contributed by atoms with Crippen LogP contribution in [-0.2, 0) is 41.7 Å². The first-order valence-corrected chi connectivity index (χ1v) is 19.7. The average molecular weight is 856 g/mol. The largest absolute Gasteiger partial charge is 0.515 e. The summed E-state index contributed by atoms with van der Waals surface area (Å²) in [7, 11) is 1.45. The molecule has 1 aliphatic rings. The second-order valence-electron chi connectivity index (χ2n) is 13.7. The Morgan fingerprint density at radius 1 is 1.00 bits per heavy atom. The number of hydrogen-bond donors (Lipinski definition) is 2. The number of nitrogens with zero attached hydrogens (tertiary/aromatic N) is 5. The van der Waals surface area contributed by atoms with Crippen LogP contribution in [-0.4, -0.2) is 77.0 Å². The number of fused-ring (bicyclic) bond motifs is 1. The molecule has 1 unspecified atom stereocenters. The zero-order chi connectivity index (χ0) is 44.4. The Balaban J connectivity index is 0.000000715. The zero-order valence-electron chi connectivity index (χ0n) is 34.5. The van der Waals surface area contributed by atoms with Crippen molar-refractivity contribution in [1.29, 1.82) is 0 Å². The second-order valence-corrected chi connectivity index (χ2v) is 13.7. The molecule has 1 saturated carbocycles. The quantitative estimate of drug-likeness (QED) is 0.00916. The van der Waals surface area contributed by atoms with Crippen LogP contribution in [0.3, 0.4) is 0 Å². The Kier molecular flexibility index (Phi) is 17.0. The topological polar surface area (TPSA) is 244 Å². The first-order valence-electron chi connectivity index (χ1n) is 19.7. The Hall–Kier alpha value is -7.25. The Labute approximate surface area is 357 Å². The predicted octanol–water partition coefficient (Wildman–Crippen LogP) is 6.47. The second kappa shape index (κ2) is 22.9. The molecule has 0 spiro atoms. The van der Waals surface area contributed by atoms with E-state index in [1.54, 1.807) is 49.4 Å². The highest BCUT2D eigenvalue weighted by Crippen LogP contribution is 2.29. The lowest BCUT2D eigenvalue weighted by molar-refractivity contribution is -0.763. The molecule has 328 valence electrons. The monoisotopic (exact) mass is 855 g/mol. The summed E-state index contributed by atoms with van der Waals surface area (Å²) in [5, 5.41) is 14.6. The van der Waals surface area contributed by atoms with Crippen molar-refractivity contribution < 1.29 is 52.7 Å². The third-order valence-electron chi connectivity index (χ3n) is 9.48. The molecule has 1 fully saturated rings. The van der Waals surface area contributed by atoms with Gasteiger partial charge in [0, 0.05) is 18.2 Å². The van der Waals surface area contributed by atoms with E-state index in [1.165, 1.54) is 38.5 Å². The van der Waals surface area contributed by atoms with Gasteiger partial charge in [0.1, 0.15) is 18.5 Å². The van der Waals surface area contributed by atoms with Crippen LogP contribution >= 0.6 is 0 Å². The van der Waals surface area contributed by atoms with E-state index in [0.29, 0.717) is 47.8 Å². The van der Waals surface area contributed by atoms with E-state index in [2.05, 4.69) is 14.9 Å². The minimum Gasteiger partial charge on any atom is -0.465 e. The van der Waals surface area contributed by atoms with Crippen LogP contribution in [0, 0.1) is 10.1 Å². The maximum absolute atomic E-state index is 13.1. The Morgan fingerprint density at radius 3 is 2.42 bits per heavy atom. The van der Waals surface area contributed by atoms with E-state index in [4.69, 9.17) is 40.0 Å². The van der Waals surface area contributed by atoms with E-state index in [0.717, 1.165) is 34.6 Å². The molecule has 4 N–H and O–H groups in total. The highest BCUT2D eigenvalue weighted by atomic mass is 16.9. The normalized spacial score (nSPS) is 13.2. The number of benzene rings is 4. The lowest BCUT2D eigenvalue weighted by Crippen LogP contribution is -2.33. The number of ether oxygens (including phenoxy) is 6. The van der Waals surface area contributed by atoms with Crippen molar-refractivity contribution in [3.05, 3.63) is 123 Å². The van der Waals surface area contributed by atoms with Crippen LogP contribution in [0.5, 0.6) is 11.8 Å². The van der Waals surface area contributed by atoms with Crippen LogP contribution in [0.15, 0.2) is 96.1 Å². The van der Waals surface area contributed by atoms with Gasteiger partial charge < -0.3 is 39.0 Å². The van der Waals surface area contributed by atoms with Crippen molar-refractivity contribution in [3.63, 3.8) is 0 Å². The first-order chi connectivity index (χ1) is 30.0. The molecule has 5 aromatic rings. The smallest absolute Gasteiger partial charge is 0.465 e. The average Bonchev–Trinajstić information content (AvgIpc) is 3.62. The number of imidazole rings is 1. The van der Waals surface area contributed by atoms with Gasteiger partial charge >= 0.3 is 12.1 Å². The van der Waals surface area contributed by atoms with Gasteiger partial charge in [0.05, 0.1) is 29.7 Å². The van der Waals surface area contributed by atoms with E-state index in [-0.39, 0.29) is 23.3 Å². The summed E-state index contributed by atoms with van der Waals surface area (Å²) >= 11 is 0. The SMILES string of the molecule is CCOc1nc2cccc(C(=O)OC(C)OC)c2n1Cc1ccc(-c2ccccc2/C(N)=N/N(N)COC(=O)Oc2ccccc2CO[N+](=O)[O-])cc1.O=COC1CCCCC1. The number of hydrogen-bond acceptors (Lipinski definition) is 16. The molecule has 1 aromatic heterocycles. The summed E-state index contributed by atoms with van der Waals surface area (Å²) in [6.07, 6.45) is 4.25. The first kappa shape index (κ1) is 45.8. The number of hydrazine groups is 1. The molecule has 0 amide bonds. The van der Waals surface area contributed by atoms with Gasteiger partial charge in [0.2, 0.25) is 0 Å². The van der Waals surface area contributed by atoms with E-state index in [9.17, 15) is 24.5 Å². The molecule has 19 heteroatoms. The van der Waals surface area contributed by atoms with Crippen molar-refractivity contribution in [2.75, 3.05) is 20.4 Å². The summed E-state index contributed by atoms with van der Waals surface area (Å²) in [6, 6.07) is 26.7. The molecule has 0 radical (unpaired) electrons. The van der Waals surface area contributed by atoms with E-state index in [1.807, 2.05) is 47.9 Å². The molecule has 1 heterocycles. The van der Waals surface area contributed by atoms with Gasteiger partial charge in [-0.1, -0.05) is 79.2 Å². The van der Waals surface area contributed by atoms with Crippen molar-refractivity contribution in [3.8, 4) is 22.9 Å². The Morgan fingerprint density at radius 2 is 1.71 bits per heavy atom. The van der Waals surface area contributed by atoms with Gasteiger partial charge in [-0.15, -0.1) is 15.2 Å². The zero-order valence-corrected chi connectivity index (χ0v) is 34.5. The fourth-order valence-electron chi connectivity index (χ4n) is 6.49. The summed E-state index contributed by atoms with van der Waals surface area (Å²) in [5.74, 6) is 5.46. The van der Waals surface area contributed by atoms with Crippen LogP contribution in [0.4, 0.5) is 4.79 Å². The van der Waals surface area contributed by atoms with Gasteiger partial charge in [0.15, 0.2) is 18.9 Å². The molecule has 4 aromatic carbocycles. The minimum atomic E-state index is -1.13. The summed E-state index contributed by atoms with van der Waals surface area (Å²) in [6.45, 7) is 3.81. The summed E-state index contributed by atoms with van der Waals surface area (Å²) in [4.78, 5) is 54.8. The molecule has 0 bridgehead atoms. The highest BCUT2D eigenvalue weighted by molar-refractivity contribution is 6.03. The molecular weight excluding hydrogens is 807 g/mol. The lowest BCUT2D eigenvalue weighted by atomic mass is 9.98. The van der Waals surface area contributed by atoms with Crippen molar-refractivity contribution in [2.24, 2.45) is 16.7 Å². The maximum Gasteiger partial charge on any atom is 0.515 e. The number of hydrazone groups is 1. The molecule has 6 rings (SSSR count). The predicted molar refractivity (Wildman–Crippen MR) is 225 cm³/mol. The van der Waals surface area contributed by atoms with Crippen molar-refractivity contribution in [2.45, 2.75) is 71.5 Å². The highest BCUT2D eigenvalue weighted by Gasteiger charge is 2.22. The van der Waals surface area contributed by atoms with Gasteiger partial charge in [-0.2, -0.15) is 10.1 Å². The lowest BCUT2D eigenvalue weighted by Gasteiger charge is -2.18. The molecule has 0 saturated heterocycles. The number of rotatable bonds is 18. The van der Waals surface area contributed by atoms with Crippen molar-refractivity contribution in [1.82, 2.24) is 14.7 Å². The minimum absolute atomic E-state index is 0.0149. The fraction of sp³-hybridized carbons (Fsp3) is 0.326. The van der Waals surface area contributed by atoms with Crippen LogP contribution < -0.4 is 21.1 Å². The van der Waals surface area contributed by atoms with Gasteiger partial charge in [-0.05, 0) is 74.4 Å². The fourth-order valence-corrected chi connectivity index (χ4v) is 6.49. The van der Waals surface area contributed by atoms with Crippen LogP contribution in [0.25, 0.3) is 22.2 Å². The molecule has 62 heavy (non-hydrogen) atoms. The number of methoxy groups -OCH3 is 1. The number of carbonyl (C=O) groups is 3. The molecule has 1 aliphatic carbocycles. The van der Waals surface area contributed by atoms with Crippen LogP contribution in [0.2, 0.25) is 0 Å². The number of aromatic nitrogens is 2. The van der Waals surface area contributed by atoms with Gasteiger partial charge in [-0.25, -0.2) is 15.4 Å². The van der Waals surface area contributed by atoms with E-state index >= 15 is 0 Å². The molecular formula is C43H49N7O12. The molecule has 0 aliphatic heterocycles. The van der Waals surface area contributed by atoms with E-state index < -0.39 is 36.8 Å². The summed E-state index contributed by atoms with van der Waals surface area (Å²) < 4.78 is 33.2. The van der Waals surface area contributed by atoms with Gasteiger partial charge in [-0.3, -0.25) is 9.36 Å². The van der Waals surface area contributed by atoms with Crippen molar-refractivity contribution >= 4 is 35.5 Å². The standard InChI is InChI=1S/C36H37N7O10.C7H12O2/c1-4-49-35-39-30-14-9-13-29(34(44)52-23(2)48-3)32(30)41(35)20-24-16-18-25(19-17-24)27-11-6-7-12-28(27)33(37)40-42(38)22-50-36(45)53-31-15-8-5-10-26(31)21-51-43(46)47;8-6-9-7-4-2-1-3-5-7/h5-19,23H,4,20-22,38H2,1-3H3,(H2,37,40);6-7H,1-5H2. The summed E-state index contributed by atoms with van der Waals surface area (Å²) in [5.41, 5.74) is 11.1. The van der Waals surface area contributed by atoms with Gasteiger partial charge in [0.25, 0.3) is 17.6 Å². The number of carbonyl (C=O) groups excluding carboxylic acids is 3. The number of amidine groups is 1. The molecule has 19 nitrogen and oxygen atoms in total. The number of nitrogens with two attached hydrogens (primary N) is 2.